The average Bonchev–Trinajstić information content (AvgIpc) is 2.53. The van der Waals surface area contributed by atoms with Crippen LogP contribution < -0.4 is 0 Å². The second-order valence-electron chi connectivity index (χ2n) is 5.30. The van der Waals surface area contributed by atoms with Crippen LogP contribution in [0.1, 0.15) is 62.4 Å². The Kier molecular flexibility index (Phi) is 8.26. The number of hydrogen-bond donors (Lipinski definition) is 0. The third-order valence-electron chi connectivity index (χ3n) is 3.74. The summed E-state index contributed by atoms with van der Waals surface area (Å²) in [4.78, 5) is 25.6. The molecule has 0 unspecified atom stereocenters. The lowest BCUT2D eigenvalue weighted by molar-refractivity contribution is 0.0548. The van der Waals surface area contributed by atoms with Gasteiger partial charge in [0.15, 0.2) is 0 Å². The number of hydrogen-bond acceptors (Lipinski definition) is 3. The van der Waals surface area contributed by atoms with Crippen molar-refractivity contribution >= 4 is 12.1 Å². The standard InChI is InChI=1S/C18H27NO3/c1-4-7-8-9-12-15-13-10-11-14-16(15)17(20)22-18(21)19(5-2)6-3/h10-11,13-14H,4-9,12H2,1-3H3. The Morgan fingerprint density at radius 2 is 1.68 bits per heavy atom. The molecule has 0 saturated heterocycles. The fourth-order valence-electron chi connectivity index (χ4n) is 2.36. The lowest BCUT2D eigenvalue weighted by Crippen LogP contribution is -2.32. The molecule has 0 N–H and O–H groups in total. The highest BCUT2D eigenvalue weighted by molar-refractivity contribution is 5.97. The molecule has 0 bridgehead atoms. The number of benzene rings is 1. The van der Waals surface area contributed by atoms with Crippen molar-refractivity contribution < 1.29 is 14.3 Å². The Bertz CT molecular complexity index is 481. The number of carbonyl (C=O) groups is 2. The van der Waals surface area contributed by atoms with Crippen molar-refractivity contribution in [2.75, 3.05) is 13.1 Å². The van der Waals surface area contributed by atoms with Gasteiger partial charge in [-0.05, 0) is 38.3 Å². The molecule has 0 spiro atoms. The lowest BCUT2D eigenvalue weighted by atomic mass is 10.0. The first kappa shape index (κ1) is 18.2. The maximum atomic E-state index is 12.2. The number of unbranched alkanes of at least 4 members (excludes halogenated alkanes) is 3. The quantitative estimate of drug-likeness (QED) is 0.405. The van der Waals surface area contributed by atoms with E-state index in [1.165, 1.54) is 17.7 Å². The smallest absolute Gasteiger partial charge is 0.372 e. The summed E-state index contributed by atoms with van der Waals surface area (Å²) in [5.74, 6) is -0.553. The molecule has 4 heteroatoms. The monoisotopic (exact) mass is 305 g/mol. The van der Waals surface area contributed by atoms with Gasteiger partial charge in [0.2, 0.25) is 0 Å². The normalized spacial score (nSPS) is 10.3. The summed E-state index contributed by atoms with van der Waals surface area (Å²) in [6.45, 7) is 6.94. The SMILES string of the molecule is CCCCCCc1ccccc1C(=O)OC(=O)N(CC)CC. The largest absolute Gasteiger partial charge is 0.417 e. The van der Waals surface area contributed by atoms with Gasteiger partial charge in [-0.1, -0.05) is 44.4 Å². The Balaban J connectivity index is 2.70. The molecule has 4 nitrogen and oxygen atoms in total. The fraction of sp³-hybridized carbons (Fsp3) is 0.556. The summed E-state index contributed by atoms with van der Waals surface area (Å²) in [7, 11) is 0. The number of amides is 1. The lowest BCUT2D eigenvalue weighted by Gasteiger charge is -2.17. The van der Waals surface area contributed by atoms with E-state index in [1.54, 1.807) is 12.1 Å². The number of esters is 1. The fourth-order valence-corrected chi connectivity index (χ4v) is 2.36. The molecule has 0 aliphatic carbocycles. The predicted molar refractivity (Wildman–Crippen MR) is 88.0 cm³/mol. The Hall–Kier alpha value is -1.84. The average molecular weight is 305 g/mol. The van der Waals surface area contributed by atoms with Gasteiger partial charge in [0.1, 0.15) is 0 Å². The Morgan fingerprint density at radius 1 is 1.00 bits per heavy atom. The molecule has 1 rings (SSSR count). The van der Waals surface area contributed by atoms with E-state index in [0.717, 1.165) is 24.8 Å². The highest BCUT2D eigenvalue weighted by Gasteiger charge is 2.19. The second kappa shape index (κ2) is 9.98. The van der Waals surface area contributed by atoms with E-state index < -0.39 is 12.1 Å². The van der Waals surface area contributed by atoms with E-state index in [0.29, 0.717) is 18.7 Å². The van der Waals surface area contributed by atoms with Crippen LogP contribution in [0, 0.1) is 0 Å². The number of ether oxygens (including phenoxy) is 1. The predicted octanol–water partition coefficient (Wildman–Crippen LogP) is 4.43. The van der Waals surface area contributed by atoms with Gasteiger partial charge in [-0.3, -0.25) is 0 Å². The zero-order chi connectivity index (χ0) is 16.4. The number of rotatable bonds is 8. The number of aryl methyl sites for hydroxylation is 1. The van der Waals surface area contributed by atoms with Crippen molar-refractivity contribution in [2.24, 2.45) is 0 Å². The van der Waals surface area contributed by atoms with Crippen molar-refractivity contribution in [1.29, 1.82) is 0 Å². The molecule has 0 radical (unpaired) electrons. The van der Waals surface area contributed by atoms with Crippen LogP contribution in [-0.2, 0) is 11.2 Å². The summed E-state index contributed by atoms with van der Waals surface area (Å²) in [5, 5.41) is 0. The van der Waals surface area contributed by atoms with E-state index in [9.17, 15) is 9.59 Å². The third kappa shape index (κ3) is 5.51. The molecule has 0 saturated carbocycles. The highest BCUT2D eigenvalue weighted by atomic mass is 16.6. The third-order valence-corrected chi connectivity index (χ3v) is 3.74. The first-order valence-corrected chi connectivity index (χ1v) is 8.22. The molecule has 0 fully saturated rings. The minimum Gasteiger partial charge on any atom is -0.372 e. The van der Waals surface area contributed by atoms with Crippen molar-refractivity contribution in [2.45, 2.75) is 52.9 Å². The maximum absolute atomic E-state index is 12.2. The number of carbonyl (C=O) groups excluding carboxylic acids is 2. The van der Waals surface area contributed by atoms with Gasteiger partial charge in [0.25, 0.3) is 0 Å². The zero-order valence-corrected chi connectivity index (χ0v) is 13.9. The molecule has 0 aliphatic heterocycles. The summed E-state index contributed by atoms with van der Waals surface area (Å²) in [6.07, 6.45) is 4.84. The first-order valence-electron chi connectivity index (χ1n) is 8.22. The maximum Gasteiger partial charge on any atom is 0.417 e. The minimum absolute atomic E-state index is 0.500. The summed E-state index contributed by atoms with van der Waals surface area (Å²) < 4.78 is 5.00. The number of nitrogens with zero attached hydrogens (tertiary/aromatic N) is 1. The van der Waals surface area contributed by atoms with Crippen molar-refractivity contribution in [3.05, 3.63) is 35.4 Å². The van der Waals surface area contributed by atoms with Gasteiger partial charge in [-0.25, -0.2) is 9.59 Å². The van der Waals surface area contributed by atoms with Crippen LogP contribution >= 0.6 is 0 Å². The van der Waals surface area contributed by atoms with Gasteiger partial charge < -0.3 is 9.64 Å². The molecule has 1 aromatic carbocycles. The first-order chi connectivity index (χ1) is 10.6. The van der Waals surface area contributed by atoms with E-state index in [1.807, 2.05) is 26.0 Å². The van der Waals surface area contributed by atoms with E-state index in [-0.39, 0.29) is 0 Å². The van der Waals surface area contributed by atoms with Gasteiger partial charge in [-0.2, -0.15) is 0 Å². The molecule has 122 valence electrons. The molecule has 1 aromatic rings. The van der Waals surface area contributed by atoms with Gasteiger partial charge in [-0.15, -0.1) is 0 Å². The summed E-state index contributed by atoms with van der Waals surface area (Å²) >= 11 is 0. The second-order valence-corrected chi connectivity index (χ2v) is 5.30. The van der Waals surface area contributed by atoms with Crippen LogP contribution in [0.2, 0.25) is 0 Å². The van der Waals surface area contributed by atoms with Crippen molar-refractivity contribution in [3.8, 4) is 0 Å². The molecule has 0 heterocycles. The molecule has 0 aromatic heterocycles. The van der Waals surface area contributed by atoms with Crippen LogP contribution in [0.15, 0.2) is 24.3 Å². The topological polar surface area (TPSA) is 46.6 Å². The summed E-state index contributed by atoms with van der Waals surface area (Å²) in [5.41, 5.74) is 1.45. The molecular weight excluding hydrogens is 278 g/mol. The van der Waals surface area contributed by atoms with Crippen LogP contribution in [0.3, 0.4) is 0 Å². The van der Waals surface area contributed by atoms with Crippen LogP contribution in [0.5, 0.6) is 0 Å². The van der Waals surface area contributed by atoms with Crippen molar-refractivity contribution in [1.82, 2.24) is 4.90 Å². The molecule has 0 aliphatic rings. The Morgan fingerprint density at radius 3 is 2.32 bits per heavy atom. The van der Waals surface area contributed by atoms with Crippen LogP contribution in [0.25, 0.3) is 0 Å². The zero-order valence-electron chi connectivity index (χ0n) is 13.9. The van der Waals surface area contributed by atoms with Gasteiger partial charge in [0, 0.05) is 13.1 Å². The van der Waals surface area contributed by atoms with E-state index >= 15 is 0 Å². The van der Waals surface area contributed by atoms with Crippen LogP contribution in [0.4, 0.5) is 4.79 Å². The molecule has 22 heavy (non-hydrogen) atoms. The van der Waals surface area contributed by atoms with Gasteiger partial charge >= 0.3 is 12.1 Å². The van der Waals surface area contributed by atoms with E-state index in [2.05, 4.69) is 6.92 Å². The molecule has 1 amide bonds. The summed E-state index contributed by atoms with van der Waals surface area (Å²) in [6, 6.07) is 7.38. The molecule has 0 atom stereocenters. The molecular formula is C18H27NO3. The minimum atomic E-state index is -0.573. The van der Waals surface area contributed by atoms with Gasteiger partial charge in [0.05, 0.1) is 5.56 Å². The van der Waals surface area contributed by atoms with Crippen LogP contribution in [-0.4, -0.2) is 30.1 Å². The van der Waals surface area contributed by atoms with E-state index in [4.69, 9.17) is 4.74 Å². The van der Waals surface area contributed by atoms with Crippen molar-refractivity contribution in [3.63, 3.8) is 0 Å². The Labute approximate surface area is 133 Å². The highest BCUT2D eigenvalue weighted by Crippen LogP contribution is 2.15.